The van der Waals surface area contributed by atoms with Crippen LogP contribution in [-0.2, 0) is 33.1 Å². The lowest BCUT2D eigenvalue weighted by Gasteiger charge is -2.32. The van der Waals surface area contributed by atoms with E-state index < -0.39 is 17.4 Å². The molecule has 1 unspecified atom stereocenters. The highest BCUT2D eigenvalue weighted by Crippen LogP contribution is 2.47. The molecule has 3 amide bonds. The summed E-state index contributed by atoms with van der Waals surface area (Å²) in [5.74, 6) is -1.17. The Morgan fingerprint density at radius 1 is 0.917 bits per heavy atom. The van der Waals surface area contributed by atoms with Crippen LogP contribution in [0.5, 0.6) is 0 Å². The number of amides is 3. The number of carbonyl (C=O) groups is 3. The van der Waals surface area contributed by atoms with Crippen molar-refractivity contribution in [1.82, 2.24) is 15.0 Å². The number of rotatable bonds is 12. The Morgan fingerprint density at radius 2 is 1.60 bits per heavy atom. The maximum atomic E-state index is 14.2. The lowest BCUT2D eigenvalue weighted by atomic mass is 9.82. The number of allylic oxidation sites excluding steroid dienone is 1. The molecule has 11 nitrogen and oxygen atoms in total. The van der Waals surface area contributed by atoms with Gasteiger partial charge in [0.15, 0.2) is 5.60 Å². The molecule has 2 N–H and O–H groups in total. The lowest BCUT2D eigenvalue weighted by Crippen LogP contribution is -2.45. The maximum absolute atomic E-state index is 14.2. The number of anilines is 3. The van der Waals surface area contributed by atoms with Crippen LogP contribution in [0, 0.1) is 5.92 Å². The van der Waals surface area contributed by atoms with Gasteiger partial charge in [0.2, 0.25) is 11.8 Å². The van der Waals surface area contributed by atoms with Gasteiger partial charge >= 0.3 is 0 Å². The van der Waals surface area contributed by atoms with E-state index in [0.717, 1.165) is 16.8 Å². The molecule has 0 aliphatic carbocycles. The van der Waals surface area contributed by atoms with Gasteiger partial charge in [-0.1, -0.05) is 66.8 Å². The number of β-lactam (4-membered cyclic amide) rings is 2. The third kappa shape index (κ3) is 5.58. The Hall–Kier alpha value is -5.13. The zero-order valence-corrected chi connectivity index (χ0v) is 26.8. The van der Waals surface area contributed by atoms with Crippen LogP contribution in [0.25, 0.3) is 0 Å². The van der Waals surface area contributed by atoms with Crippen LogP contribution in [0.15, 0.2) is 91.1 Å². The van der Waals surface area contributed by atoms with Gasteiger partial charge in [-0.05, 0) is 47.9 Å². The van der Waals surface area contributed by atoms with Gasteiger partial charge in [0.25, 0.3) is 5.91 Å². The zero-order valence-electron chi connectivity index (χ0n) is 26.8. The fraction of sp³-hybridized carbons (Fsp3) is 0.324. The highest BCUT2D eigenvalue weighted by molar-refractivity contribution is 6.08. The SMILES string of the molecule is C[C@H](/C=C/CCn1cc(C(CO)c2ccccc2)nn1)[C@@]1(O)C(=O)N(Cc2ccc(N3CCC3=O)cc2)c2ccc(N3CCC3=O)cc21. The highest BCUT2D eigenvalue weighted by Gasteiger charge is 2.53. The van der Waals surface area contributed by atoms with Gasteiger partial charge < -0.3 is 24.9 Å². The summed E-state index contributed by atoms with van der Waals surface area (Å²) < 4.78 is 1.72. The summed E-state index contributed by atoms with van der Waals surface area (Å²) in [7, 11) is 0. The van der Waals surface area contributed by atoms with Crippen molar-refractivity contribution in [2.75, 3.05) is 34.4 Å². The zero-order chi connectivity index (χ0) is 33.4. The third-order valence-corrected chi connectivity index (χ3v) is 9.76. The minimum absolute atomic E-state index is 0.0127. The van der Waals surface area contributed by atoms with Crippen molar-refractivity contribution in [3.63, 3.8) is 0 Å². The fourth-order valence-corrected chi connectivity index (χ4v) is 6.68. The van der Waals surface area contributed by atoms with Crippen molar-refractivity contribution in [2.24, 2.45) is 5.92 Å². The molecule has 0 bridgehead atoms. The number of aliphatic hydroxyl groups excluding tert-OH is 1. The predicted molar refractivity (Wildman–Crippen MR) is 180 cm³/mol. The van der Waals surface area contributed by atoms with Crippen LogP contribution in [-0.4, -0.2) is 62.6 Å². The van der Waals surface area contributed by atoms with E-state index in [0.29, 0.717) is 61.5 Å². The van der Waals surface area contributed by atoms with E-state index in [-0.39, 0.29) is 30.9 Å². The number of benzene rings is 3. The molecule has 3 aromatic carbocycles. The number of carbonyl (C=O) groups excluding carboxylic acids is 3. The van der Waals surface area contributed by atoms with Crippen molar-refractivity contribution in [2.45, 2.75) is 50.8 Å². The molecule has 3 aliphatic heterocycles. The number of aryl methyl sites for hydroxylation is 1. The van der Waals surface area contributed by atoms with Crippen molar-refractivity contribution in [3.05, 3.63) is 114 Å². The standard InChI is InChI=1S/C37H38N6O5/c1-25(7-5-6-18-40-23-32(38-39-40)30(24-44)27-8-3-2-4-9-27)37(48)31-21-29(42-20-17-35(42)46)14-15-33(31)43(36(37)47)22-26-10-12-28(13-11-26)41-19-16-34(41)45/h2-5,7-15,21,23,25,30,44,48H,6,16-20,22,24H2,1H3/b7-5+/t25-,30?,37+/m1/s1. The summed E-state index contributed by atoms with van der Waals surface area (Å²) in [5.41, 5.74) is 3.24. The molecule has 4 aromatic rings. The molecule has 48 heavy (non-hydrogen) atoms. The average molecular weight is 647 g/mol. The monoisotopic (exact) mass is 646 g/mol. The van der Waals surface area contributed by atoms with E-state index in [9.17, 15) is 24.6 Å². The second kappa shape index (κ2) is 12.8. The molecule has 0 spiro atoms. The first-order valence-corrected chi connectivity index (χ1v) is 16.4. The lowest BCUT2D eigenvalue weighted by molar-refractivity contribution is -0.139. The number of aliphatic hydroxyl groups is 2. The second-order valence-electron chi connectivity index (χ2n) is 12.7. The summed E-state index contributed by atoms with van der Waals surface area (Å²) in [6.07, 6.45) is 7.23. The molecule has 0 saturated carbocycles. The fourth-order valence-electron chi connectivity index (χ4n) is 6.68. The van der Waals surface area contributed by atoms with Crippen LogP contribution >= 0.6 is 0 Å². The molecule has 7 rings (SSSR count). The Kier molecular flexibility index (Phi) is 8.40. The van der Waals surface area contributed by atoms with Gasteiger partial charge in [-0.2, -0.15) is 0 Å². The number of nitrogens with zero attached hydrogens (tertiary/aromatic N) is 6. The maximum Gasteiger partial charge on any atom is 0.264 e. The molecule has 3 aliphatic rings. The Bertz CT molecular complexity index is 1870. The summed E-state index contributed by atoms with van der Waals surface area (Å²) in [6.45, 7) is 3.81. The molecular weight excluding hydrogens is 608 g/mol. The van der Waals surface area contributed by atoms with Crippen LogP contribution in [0.2, 0.25) is 0 Å². The van der Waals surface area contributed by atoms with E-state index in [1.54, 1.807) is 25.4 Å². The first-order chi connectivity index (χ1) is 23.3. The summed E-state index contributed by atoms with van der Waals surface area (Å²) in [4.78, 5) is 43.3. The number of fused-ring (bicyclic) bond motifs is 1. The molecule has 3 atom stereocenters. The van der Waals surface area contributed by atoms with Gasteiger partial charge in [0, 0.05) is 61.5 Å². The highest BCUT2D eigenvalue weighted by atomic mass is 16.3. The van der Waals surface area contributed by atoms with Crippen molar-refractivity contribution < 1.29 is 24.6 Å². The van der Waals surface area contributed by atoms with Crippen LogP contribution in [0.1, 0.15) is 54.5 Å². The number of hydrogen-bond donors (Lipinski definition) is 2. The summed E-state index contributed by atoms with van der Waals surface area (Å²) >= 11 is 0. The normalized spacial score (nSPS) is 20.2. The van der Waals surface area contributed by atoms with E-state index in [2.05, 4.69) is 10.3 Å². The molecular formula is C37H38N6O5. The molecule has 11 heteroatoms. The van der Waals surface area contributed by atoms with E-state index in [1.807, 2.05) is 92.0 Å². The van der Waals surface area contributed by atoms with Crippen molar-refractivity contribution in [3.8, 4) is 0 Å². The third-order valence-electron chi connectivity index (χ3n) is 9.76. The Balaban J connectivity index is 1.08. The van der Waals surface area contributed by atoms with Gasteiger partial charge in [-0.15, -0.1) is 5.10 Å². The average Bonchev–Trinajstić information content (AvgIpc) is 3.64. The van der Waals surface area contributed by atoms with Crippen LogP contribution in [0.4, 0.5) is 17.1 Å². The van der Waals surface area contributed by atoms with Gasteiger partial charge in [0.1, 0.15) is 0 Å². The van der Waals surface area contributed by atoms with E-state index >= 15 is 0 Å². The van der Waals surface area contributed by atoms with Gasteiger partial charge in [-0.25, -0.2) is 0 Å². The minimum atomic E-state index is -1.84. The quantitative estimate of drug-likeness (QED) is 0.176. The molecule has 246 valence electrons. The van der Waals surface area contributed by atoms with Gasteiger partial charge in [-0.3, -0.25) is 19.1 Å². The van der Waals surface area contributed by atoms with Crippen molar-refractivity contribution in [1.29, 1.82) is 0 Å². The Labute approximate surface area is 278 Å². The van der Waals surface area contributed by atoms with Crippen molar-refractivity contribution >= 4 is 34.8 Å². The Morgan fingerprint density at radius 3 is 2.25 bits per heavy atom. The smallest absolute Gasteiger partial charge is 0.264 e. The molecule has 2 saturated heterocycles. The second-order valence-corrected chi connectivity index (χ2v) is 12.7. The largest absolute Gasteiger partial charge is 0.395 e. The summed E-state index contributed by atoms with van der Waals surface area (Å²) in [5, 5.41) is 30.8. The number of hydrogen-bond acceptors (Lipinski definition) is 7. The molecule has 2 fully saturated rings. The topological polar surface area (TPSA) is 132 Å². The first-order valence-electron chi connectivity index (χ1n) is 16.4. The van der Waals surface area contributed by atoms with Crippen LogP contribution < -0.4 is 14.7 Å². The number of aromatic nitrogens is 3. The van der Waals surface area contributed by atoms with E-state index in [1.165, 1.54) is 0 Å². The predicted octanol–water partition coefficient (Wildman–Crippen LogP) is 3.89. The molecule has 1 aromatic heterocycles. The van der Waals surface area contributed by atoms with Gasteiger partial charge in [0.05, 0.1) is 30.5 Å². The first kappa shape index (κ1) is 31.5. The minimum Gasteiger partial charge on any atom is -0.395 e. The van der Waals surface area contributed by atoms with Crippen LogP contribution in [0.3, 0.4) is 0 Å². The summed E-state index contributed by atoms with van der Waals surface area (Å²) in [6, 6.07) is 22.7. The molecule has 0 radical (unpaired) electrons. The van der Waals surface area contributed by atoms with E-state index in [4.69, 9.17) is 0 Å². The molecule has 4 heterocycles.